The Kier molecular flexibility index (Phi) is 6.78. The van der Waals surface area contributed by atoms with E-state index < -0.39 is 10.8 Å². The van der Waals surface area contributed by atoms with Crippen LogP contribution in [0.3, 0.4) is 0 Å². The molecule has 0 unspecified atom stereocenters. The summed E-state index contributed by atoms with van der Waals surface area (Å²) >= 11 is 0. The average Bonchev–Trinajstić information content (AvgIpc) is 2.91. The smallest absolute Gasteiger partial charge is 0.0809 e. The quantitative estimate of drug-likeness (QED) is 0.259. The van der Waals surface area contributed by atoms with Crippen LogP contribution in [-0.4, -0.2) is 0 Å². The van der Waals surface area contributed by atoms with Gasteiger partial charge in [-0.3, -0.25) is 0 Å². The Bertz CT molecular complexity index is 1040. The number of terminal acetylenes is 2. The average molecular weight is 425 g/mol. The van der Waals surface area contributed by atoms with Gasteiger partial charge in [-0.2, -0.15) is 0 Å². The third-order valence-electron chi connectivity index (χ3n) is 6.66. The van der Waals surface area contributed by atoms with Crippen LogP contribution in [0.1, 0.15) is 41.5 Å². The Hall–Kier alpha value is -4.00. The molecule has 0 saturated heterocycles. The molecule has 0 atom stereocenters. The molecule has 0 aromatic heterocycles. The third-order valence-corrected chi connectivity index (χ3v) is 6.66. The van der Waals surface area contributed by atoms with Gasteiger partial charge in [0, 0.05) is 0 Å². The van der Waals surface area contributed by atoms with E-state index in [1.54, 1.807) is 0 Å². The largest absolute Gasteiger partial charge is 0.119 e. The standard InChI is InChI=1S/C33H28/c1-3-32(28-18-9-5-10-19-28,29-20-11-6-12-21-29)26-17-27-33(4-2,30-22-13-7-14-23-30)31-24-15-8-16-25-31/h1-2,5-16,18-25H,17,26-27H2. The van der Waals surface area contributed by atoms with Crippen LogP contribution >= 0.6 is 0 Å². The number of benzene rings is 4. The molecule has 0 nitrogen and oxygen atoms in total. The molecule has 0 amide bonds. The van der Waals surface area contributed by atoms with Crippen LogP contribution in [-0.2, 0) is 10.8 Å². The summed E-state index contributed by atoms with van der Waals surface area (Å²) in [5.74, 6) is 6.36. The van der Waals surface area contributed by atoms with Crippen LogP contribution in [0.25, 0.3) is 0 Å². The molecule has 0 spiro atoms. The van der Waals surface area contributed by atoms with Gasteiger partial charge >= 0.3 is 0 Å². The molecule has 0 saturated carbocycles. The summed E-state index contributed by atoms with van der Waals surface area (Å²) in [6.45, 7) is 0. The van der Waals surface area contributed by atoms with E-state index in [0.29, 0.717) is 0 Å². The Morgan fingerprint density at radius 3 is 0.879 bits per heavy atom. The molecule has 160 valence electrons. The fourth-order valence-electron chi connectivity index (χ4n) is 4.90. The molecule has 0 aliphatic rings. The molecule has 0 N–H and O–H groups in total. The summed E-state index contributed by atoms with van der Waals surface area (Å²) in [4.78, 5) is 0. The summed E-state index contributed by atoms with van der Waals surface area (Å²) < 4.78 is 0. The Morgan fingerprint density at radius 2 is 0.667 bits per heavy atom. The van der Waals surface area contributed by atoms with Gasteiger partial charge in [-0.15, -0.1) is 12.8 Å². The van der Waals surface area contributed by atoms with E-state index in [1.165, 1.54) is 0 Å². The highest BCUT2D eigenvalue weighted by atomic mass is 14.4. The van der Waals surface area contributed by atoms with Crippen LogP contribution in [0.4, 0.5) is 0 Å². The second-order valence-electron chi connectivity index (χ2n) is 8.42. The first-order valence-corrected chi connectivity index (χ1v) is 11.4. The Labute approximate surface area is 198 Å². The zero-order valence-electron chi connectivity index (χ0n) is 18.8. The van der Waals surface area contributed by atoms with Gasteiger partial charge in [0.2, 0.25) is 0 Å². The highest BCUT2D eigenvalue weighted by molar-refractivity contribution is 5.49. The molecule has 0 heterocycles. The first-order chi connectivity index (χ1) is 16.2. The molecule has 0 aliphatic heterocycles. The molecule has 0 aliphatic carbocycles. The molecule has 4 aromatic rings. The van der Waals surface area contributed by atoms with Gasteiger partial charge in [0.15, 0.2) is 0 Å². The van der Waals surface area contributed by atoms with Crippen LogP contribution in [0.15, 0.2) is 121 Å². The molecule has 0 bridgehead atoms. The Balaban J connectivity index is 1.72. The monoisotopic (exact) mass is 424 g/mol. The third kappa shape index (κ3) is 4.35. The van der Waals surface area contributed by atoms with Gasteiger partial charge in [0.05, 0.1) is 10.8 Å². The van der Waals surface area contributed by atoms with Gasteiger partial charge in [0.1, 0.15) is 0 Å². The van der Waals surface area contributed by atoms with Crippen molar-refractivity contribution in [3.63, 3.8) is 0 Å². The maximum atomic E-state index is 6.29. The van der Waals surface area contributed by atoms with E-state index in [2.05, 4.69) is 109 Å². The second kappa shape index (κ2) is 10.1. The molecule has 0 radical (unpaired) electrons. The van der Waals surface area contributed by atoms with E-state index in [1.807, 2.05) is 24.3 Å². The highest BCUT2D eigenvalue weighted by Gasteiger charge is 2.36. The van der Waals surface area contributed by atoms with Crippen LogP contribution in [0, 0.1) is 24.7 Å². The lowest BCUT2D eigenvalue weighted by Gasteiger charge is -2.34. The minimum Gasteiger partial charge on any atom is -0.119 e. The van der Waals surface area contributed by atoms with E-state index in [0.717, 1.165) is 41.5 Å². The first kappa shape index (κ1) is 22.2. The van der Waals surface area contributed by atoms with Crippen molar-refractivity contribution in [3.05, 3.63) is 144 Å². The van der Waals surface area contributed by atoms with Gasteiger partial charge in [0.25, 0.3) is 0 Å². The van der Waals surface area contributed by atoms with Gasteiger partial charge in [-0.1, -0.05) is 133 Å². The molecular weight excluding hydrogens is 396 g/mol. The number of rotatable bonds is 8. The fraction of sp³-hybridized carbons (Fsp3) is 0.152. The van der Waals surface area contributed by atoms with Gasteiger partial charge in [-0.25, -0.2) is 0 Å². The summed E-state index contributed by atoms with van der Waals surface area (Å²) in [6.07, 6.45) is 15.1. The lowest BCUT2D eigenvalue weighted by Crippen LogP contribution is -2.29. The van der Waals surface area contributed by atoms with Crippen molar-refractivity contribution in [1.29, 1.82) is 0 Å². The molecule has 4 aromatic carbocycles. The number of hydrogen-bond acceptors (Lipinski definition) is 0. The SMILES string of the molecule is C#CC(CCCC(C#C)(c1ccccc1)c1ccccc1)(c1ccccc1)c1ccccc1. The zero-order valence-corrected chi connectivity index (χ0v) is 18.8. The molecule has 33 heavy (non-hydrogen) atoms. The topological polar surface area (TPSA) is 0 Å². The molecule has 0 heteroatoms. The first-order valence-electron chi connectivity index (χ1n) is 11.4. The van der Waals surface area contributed by atoms with Gasteiger partial charge in [-0.05, 0) is 41.5 Å². The maximum absolute atomic E-state index is 6.29. The van der Waals surface area contributed by atoms with Gasteiger partial charge < -0.3 is 0 Å². The molecular formula is C33H28. The van der Waals surface area contributed by atoms with Crippen molar-refractivity contribution in [1.82, 2.24) is 0 Å². The fourth-order valence-corrected chi connectivity index (χ4v) is 4.90. The summed E-state index contributed by atoms with van der Waals surface area (Å²) in [5, 5.41) is 0. The summed E-state index contributed by atoms with van der Waals surface area (Å²) in [6, 6.07) is 41.7. The minimum atomic E-state index is -0.504. The second-order valence-corrected chi connectivity index (χ2v) is 8.42. The van der Waals surface area contributed by atoms with E-state index in [9.17, 15) is 0 Å². The predicted octanol–water partition coefficient (Wildman–Crippen LogP) is 7.40. The Morgan fingerprint density at radius 1 is 0.424 bits per heavy atom. The zero-order chi connectivity index (χ0) is 23.0. The lowest BCUT2D eigenvalue weighted by molar-refractivity contribution is 0.492. The normalized spacial score (nSPS) is 11.3. The van der Waals surface area contributed by atoms with E-state index >= 15 is 0 Å². The highest BCUT2D eigenvalue weighted by Crippen LogP contribution is 2.41. The van der Waals surface area contributed by atoms with Crippen molar-refractivity contribution in [2.75, 3.05) is 0 Å². The van der Waals surface area contributed by atoms with E-state index in [4.69, 9.17) is 12.8 Å². The van der Waals surface area contributed by atoms with Crippen molar-refractivity contribution < 1.29 is 0 Å². The molecule has 0 fully saturated rings. The van der Waals surface area contributed by atoms with Crippen LogP contribution < -0.4 is 0 Å². The van der Waals surface area contributed by atoms with Crippen LogP contribution in [0.2, 0.25) is 0 Å². The van der Waals surface area contributed by atoms with Crippen LogP contribution in [0.5, 0.6) is 0 Å². The summed E-state index contributed by atoms with van der Waals surface area (Å²) in [5.41, 5.74) is 3.56. The van der Waals surface area contributed by atoms with E-state index in [-0.39, 0.29) is 0 Å². The lowest BCUT2D eigenvalue weighted by atomic mass is 9.68. The molecule has 4 rings (SSSR count). The van der Waals surface area contributed by atoms with Crippen molar-refractivity contribution >= 4 is 0 Å². The number of hydrogen-bond donors (Lipinski definition) is 0. The van der Waals surface area contributed by atoms with Crippen molar-refractivity contribution in [2.45, 2.75) is 30.1 Å². The van der Waals surface area contributed by atoms with Crippen molar-refractivity contribution in [2.24, 2.45) is 0 Å². The maximum Gasteiger partial charge on any atom is 0.0809 e. The predicted molar refractivity (Wildman–Crippen MR) is 139 cm³/mol. The summed E-state index contributed by atoms with van der Waals surface area (Å²) in [7, 11) is 0. The minimum absolute atomic E-state index is 0.504. The van der Waals surface area contributed by atoms with Crippen molar-refractivity contribution in [3.8, 4) is 24.7 Å².